The van der Waals surface area contributed by atoms with E-state index in [1.165, 1.54) is 27.6 Å². The van der Waals surface area contributed by atoms with Gasteiger partial charge in [-0.2, -0.15) is 0 Å². The van der Waals surface area contributed by atoms with Gasteiger partial charge in [0, 0.05) is 10.9 Å². The topological polar surface area (TPSA) is 33.1 Å². The molecule has 0 saturated carbocycles. The molecule has 1 N–H and O–H groups in total. The van der Waals surface area contributed by atoms with Crippen LogP contribution in [0, 0.1) is 0 Å². The van der Waals surface area contributed by atoms with Gasteiger partial charge in [0.25, 0.3) is 0 Å². The lowest BCUT2D eigenvalue weighted by atomic mass is 9.94. The summed E-state index contributed by atoms with van der Waals surface area (Å²) >= 11 is 0. The summed E-state index contributed by atoms with van der Waals surface area (Å²) in [6.45, 7) is 0. The van der Waals surface area contributed by atoms with Crippen LogP contribution in [0.15, 0.2) is 97.1 Å². The van der Waals surface area contributed by atoms with E-state index in [1.54, 1.807) is 6.07 Å². The van der Waals surface area contributed by atoms with Gasteiger partial charge in [-0.05, 0) is 64.1 Å². The van der Waals surface area contributed by atoms with E-state index >= 15 is 0 Å². The number of aromatic nitrogens is 1. The second-order valence-corrected chi connectivity index (χ2v) is 8.19. The fourth-order valence-electron chi connectivity index (χ4n) is 4.69. The average molecular weight is 412 g/mol. The molecule has 5 aromatic rings. The van der Waals surface area contributed by atoms with Gasteiger partial charge in [0.2, 0.25) is 0 Å². The molecule has 2 heteroatoms. The van der Waals surface area contributed by atoms with Crippen LogP contribution in [0.5, 0.6) is 5.75 Å². The Morgan fingerprint density at radius 3 is 2.28 bits per heavy atom. The maximum absolute atomic E-state index is 10.5. The van der Waals surface area contributed by atoms with E-state index < -0.39 is 0 Å². The quantitative estimate of drug-likeness (QED) is 0.330. The molecule has 6 rings (SSSR count). The van der Waals surface area contributed by atoms with Crippen LogP contribution in [0.3, 0.4) is 0 Å². The largest absolute Gasteiger partial charge is 0.507 e. The number of phenols is 1. The van der Waals surface area contributed by atoms with Crippen molar-refractivity contribution in [3.05, 3.63) is 119 Å². The number of rotatable bonds is 3. The molecule has 0 amide bonds. The maximum atomic E-state index is 10.5. The van der Waals surface area contributed by atoms with Crippen molar-refractivity contribution in [2.75, 3.05) is 0 Å². The highest BCUT2D eigenvalue weighted by Gasteiger charge is 2.22. The van der Waals surface area contributed by atoms with Gasteiger partial charge in [0.05, 0.1) is 11.2 Å². The van der Waals surface area contributed by atoms with Gasteiger partial charge in [-0.25, -0.2) is 4.98 Å². The molecular weight excluding hydrogens is 390 g/mol. The smallest absolute Gasteiger partial charge is 0.124 e. The van der Waals surface area contributed by atoms with Crippen LogP contribution in [-0.4, -0.2) is 10.1 Å². The number of para-hydroxylation sites is 1. The van der Waals surface area contributed by atoms with Crippen LogP contribution in [0.25, 0.3) is 45.4 Å². The van der Waals surface area contributed by atoms with Gasteiger partial charge < -0.3 is 5.11 Å². The number of phenolic OH excluding ortho intramolecular Hbond substituents is 1. The Morgan fingerprint density at radius 1 is 0.688 bits per heavy atom. The van der Waals surface area contributed by atoms with Gasteiger partial charge in [-0.3, -0.25) is 0 Å². The minimum atomic E-state index is 0.240. The Bertz CT molecular complexity index is 1500. The van der Waals surface area contributed by atoms with E-state index in [-0.39, 0.29) is 5.75 Å². The van der Waals surface area contributed by atoms with E-state index in [9.17, 15) is 5.11 Å². The molecule has 32 heavy (non-hydrogen) atoms. The Balaban J connectivity index is 1.64. The Morgan fingerprint density at radius 2 is 1.44 bits per heavy atom. The molecule has 0 bridgehead atoms. The van der Waals surface area contributed by atoms with Crippen molar-refractivity contribution < 1.29 is 5.11 Å². The van der Waals surface area contributed by atoms with Crippen molar-refractivity contribution in [1.82, 2.24) is 4.98 Å². The number of aromatic hydroxyl groups is 1. The second-order valence-electron chi connectivity index (χ2n) is 8.19. The molecule has 1 heterocycles. The standard InChI is InChI=1S/C30H21NO/c32-28-13-7-6-12-25(28)27-19-23(15-14-20-8-2-1-3-9-20)30-26(31-27)17-16-22-18-21-10-4-5-11-24(21)29(22)30/h1-17,19,32H,18H2/b15-14+. The molecule has 0 atom stereocenters. The Hall–Kier alpha value is -4.17. The number of hydrogen-bond donors (Lipinski definition) is 1. The zero-order valence-electron chi connectivity index (χ0n) is 17.5. The predicted octanol–water partition coefficient (Wildman–Crippen LogP) is 7.35. The molecule has 152 valence electrons. The van der Waals surface area contributed by atoms with Gasteiger partial charge in [-0.1, -0.05) is 84.9 Å². The van der Waals surface area contributed by atoms with Gasteiger partial charge in [-0.15, -0.1) is 0 Å². The van der Waals surface area contributed by atoms with Crippen molar-refractivity contribution >= 4 is 23.1 Å². The summed E-state index contributed by atoms with van der Waals surface area (Å²) in [6.07, 6.45) is 5.26. The van der Waals surface area contributed by atoms with Crippen LogP contribution in [0.1, 0.15) is 22.3 Å². The summed E-state index contributed by atoms with van der Waals surface area (Å²) in [4.78, 5) is 4.98. The molecule has 0 fully saturated rings. The number of benzene rings is 4. The number of hydrogen-bond acceptors (Lipinski definition) is 2. The highest BCUT2D eigenvalue weighted by Crippen LogP contribution is 2.43. The van der Waals surface area contributed by atoms with Gasteiger partial charge >= 0.3 is 0 Å². The summed E-state index contributed by atoms with van der Waals surface area (Å²) in [5, 5.41) is 11.6. The van der Waals surface area contributed by atoms with Crippen molar-refractivity contribution in [3.63, 3.8) is 0 Å². The molecule has 0 radical (unpaired) electrons. The molecular formula is C30H21NO. The number of fused-ring (bicyclic) bond motifs is 5. The molecule has 4 aromatic carbocycles. The molecule has 0 spiro atoms. The lowest BCUT2D eigenvalue weighted by molar-refractivity contribution is 0.477. The lowest BCUT2D eigenvalue weighted by Crippen LogP contribution is -1.93. The summed E-state index contributed by atoms with van der Waals surface area (Å²) in [5.74, 6) is 0.240. The zero-order valence-corrected chi connectivity index (χ0v) is 17.5. The average Bonchev–Trinajstić information content (AvgIpc) is 3.22. The van der Waals surface area contributed by atoms with Crippen LogP contribution in [-0.2, 0) is 6.42 Å². The lowest BCUT2D eigenvalue weighted by Gasteiger charge is -2.13. The van der Waals surface area contributed by atoms with Crippen molar-refractivity contribution in [3.8, 4) is 28.1 Å². The summed E-state index contributed by atoms with van der Waals surface area (Å²) < 4.78 is 0. The zero-order chi connectivity index (χ0) is 21.5. The van der Waals surface area contributed by atoms with E-state index in [1.807, 2.05) is 36.4 Å². The number of pyridine rings is 1. The van der Waals surface area contributed by atoms with Crippen LogP contribution in [0.4, 0.5) is 0 Å². The van der Waals surface area contributed by atoms with Crippen LogP contribution < -0.4 is 0 Å². The normalized spacial score (nSPS) is 12.2. The Kier molecular flexibility index (Phi) is 4.36. The Labute approximate surface area is 187 Å². The maximum Gasteiger partial charge on any atom is 0.124 e. The summed E-state index contributed by atoms with van der Waals surface area (Å²) in [5.41, 5.74) is 9.97. The molecule has 0 unspecified atom stereocenters. The van der Waals surface area contributed by atoms with E-state index in [0.29, 0.717) is 0 Å². The molecule has 1 aromatic heterocycles. The first-order valence-corrected chi connectivity index (χ1v) is 10.8. The number of nitrogens with zero attached hydrogens (tertiary/aromatic N) is 1. The van der Waals surface area contributed by atoms with Crippen molar-refractivity contribution in [2.24, 2.45) is 0 Å². The van der Waals surface area contributed by atoms with Crippen LogP contribution in [0.2, 0.25) is 0 Å². The summed E-state index contributed by atoms with van der Waals surface area (Å²) in [7, 11) is 0. The minimum Gasteiger partial charge on any atom is -0.507 e. The van der Waals surface area contributed by atoms with E-state index in [2.05, 4.69) is 66.7 Å². The molecule has 0 aliphatic heterocycles. The molecule has 1 aliphatic rings. The molecule has 1 aliphatic carbocycles. The fourth-order valence-corrected chi connectivity index (χ4v) is 4.69. The first-order chi connectivity index (χ1) is 15.8. The van der Waals surface area contributed by atoms with Gasteiger partial charge in [0.15, 0.2) is 0 Å². The van der Waals surface area contributed by atoms with Crippen molar-refractivity contribution in [2.45, 2.75) is 6.42 Å². The van der Waals surface area contributed by atoms with Crippen molar-refractivity contribution in [1.29, 1.82) is 0 Å². The van der Waals surface area contributed by atoms with Gasteiger partial charge in [0.1, 0.15) is 5.75 Å². The molecule has 2 nitrogen and oxygen atoms in total. The second kappa shape index (κ2) is 7.51. The highest BCUT2D eigenvalue weighted by atomic mass is 16.3. The third-order valence-electron chi connectivity index (χ3n) is 6.19. The predicted molar refractivity (Wildman–Crippen MR) is 132 cm³/mol. The summed E-state index contributed by atoms with van der Waals surface area (Å²) in [6, 6.07) is 32.8. The first-order valence-electron chi connectivity index (χ1n) is 10.8. The fraction of sp³-hybridized carbons (Fsp3) is 0.0333. The minimum absolute atomic E-state index is 0.240. The monoisotopic (exact) mass is 411 g/mol. The molecule has 0 saturated heterocycles. The van der Waals surface area contributed by atoms with E-state index in [4.69, 9.17) is 4.98 Å². The first kappa shape index (κ1) is 18.6. The highest BCUT2D eigenvalue weighted by molar-refractivity contribution is 6.06. The third kappa shape index (κ3) is 3.09. The van der Waals surface area contributed by atoms with Crippen LogP contribution >= 0.6 is 0 Å². The SMILES string of the molecule is Oc1ccccc1-c1cc(/C=C/c2ccccc2)c2c3c(ccc2n1)Cc1ccccc1-3. The van der Waals surface area contributed by atoms with E-state index in [0.717, 1.165) is 34.3 Å². The third-order valence-corrected chi connectivity index (χ3v) is 6.19.